The topological polar surface area (TPSA) is 39.1 Å². The monoisotopic (exact) mass is 325 g/mol. The minimum absolute atomic E-state index is 0.399. The van der Waals surface area contributed by atoms with Crippen LogP contribution < -0.4 is 0 Å². The first kappa shape index (κ1) is 14.6. The number of benzene rings is 2. The van der Waals surface area contributed by atoms with Gasteiger partial charge in [-0.25, -0.2) is 12.4 Å². The minimum atomic E-state index is -4.59. The SMILES string of the molecule is O=S(=O)(c1cccc(C(F)(F)F)c1)n1ccc2ccccc21. The predicted octanol–water partition coefficient (Wildman–Crippen LogP) is 3.90. The summed E-state index contributed by atoms with van der Waals surface area (Å²) in [5.41, 5.74) is -0.579. The molecule has 114 valence electrons. The summed E-state index contributed by atoms with van der Waals surface area (Å²) in [5.74, 6) is 0. The molecule has 0 radical (unpaired) electrons. The molecule has 1 heterocycles. The highest BCUT2D eigenvalue weighted by Crippen LogP contribution is 2.31. The van der Waals surface area contributed by atoms with Gasteiger partial charge in [-0.15, -0.1) is 0 Å². The molecule has 0 bridgehead atoms. The van der Waals surface area contributed by atoms with Crippen molar-refractivity contribution in [3.05, 3.63) is 66.4 Å². The van der Waals surface area contributed by atoms with Crippen LogP contribution in [0.5, 0.6) is 0 Å². The molecule has 0 saturated heterocycles. The third-order valence-electron chi connectivity index (χ3n) is 3.28. The summed E-state index contributed by atoms with van der Waals surface area (Å²) in [4.78, 5) is -0.399. The van der Waals surface area contributed by atoms with Gasteiger partial charge in [-0.05, 0) is 30.3 Å². The molecule has 22 heavy (non-hydrogen) atoms. The molecule has 0 N–H and O–H groups in total. The molecule has 3 aromatic rings. The van der Waals surface area contributed by atoms with Gasteiger partial charge in [-0.2, -0.15) is 13.2 Å². The summed E-state index contributed by atoms with van der Waals surface area (Å²) >= 11 is 0. The number of hydrogen-bond acceptors (Lipinski definition) is 2. The molecule has 0 aliphatic carbocycles. The Bertz CT molecular complexity index is 943. The highest BCUT2D eigenvalue weighted by molar-refractivity contribution is 7.90. The van der Waals surface area contributed by atoms with E-state index in [1.807, 2.05) is 0 Å². The van der Waals surface area contributed by atoms with Crippen LogP contribution in [0.3, 0.4) is 0 Å². The first-order chi connectivity index (χ1) is 10.3. The molecule has 0 unspecified atom stereocenters. The van der Waals surface area contributed by atoms with Gasteiger partial charge < -0.3 is 0 Å². The van der Waals surface area contributed by atoms with Crippen LogP contribution in [-0.4, -0.2) is 12.4 Å². The van der Waals surface area contributed by atoms with Crippen molar-refractivity contribution in [2.24, 2.45) is 0 Å². The molecule has 0 fully saturated rings. The summed E-state index contributed by atoms with van der Waals surface area (Å²) in [6.07, 6.45) is -3.26. The van der Waals surface area contributed by atoms with Gasteiger partial charge in [0.05, 0.1) is 16.0 Å². The third-order valence-corrected chi connectivity index (χ3v) is 4.97. The molecule has 0 atom stereocenters. The number of aromatic nitrogens is 1. The number of rotatable bonds is 2. The normalized spacial score (nSPS) is 12.7. The van der Waals surface area contributed by atoms with E-state index >= 15 is 0 Å². The van der Waals surface area contributed by atoms with Gasteiger partial charge >= 0.3 is 6.18 Å². The molecular weight excluding hydrogens is 315 g/mol. The molecule has 0 aliphatic heterocycles. The lowest BCUT2D eigenvalue weighted by atomic mass is 10.2. The van der Waals surface area contributed by atoms with Crippen molar-refractivity contribution in [2.45, 2.75) is 11.1 Å². The van der Waals surface area contributed by atoms with Crippen LogP contribution in [0, 0.1) is 0 Å². The molecular formula is C15H10F3NO2S. The standard InChI is InChI=1S/C15H10F3NO2S/c16-15(17,18)12-5-3-6-13(10-12)22(20,21)19-9-8-11-4-1-2-7-14(11)19/h1-10H. The van der Waals surface area contributed by atoms with E-state index in [9.17, 15) is 21.6 Å². The van der Waals surface area contributed by atoms with Crippen molar-refractivity contribution >= 4 is 20.9 Å². The fraction of sp³-hybridized carbons (Fsp3) is 0.0667. The lowest BCUT2D eigenvalue weighted by Gasteiger charge is -2.11. The third kappa shape index (κ3) is 2.37. The van der Waals surface area contributed by atoms with E-state index in [1.165, 1.54) is 6.20 Å². The molecule has 0 aliphatic rings. The smallest absolute Gasteiger partial charge is 0.241 e. The van der Waals surface area contributed by atoms with Crippen LogP contribution in [0.15, 0.2) is 65.7 Å². The van der Waals surface area contributed by atoms with E-state index in [0.29, 0.717) is 17.0 Å². The summed E-state index contributed by atoms with van der Waals surface area (Å²) in [7, 11) is -4.09. The summed E-state index contributed by atoms with van der Waals surface area (Å²) in [6, 6.07) is 12.1. The summed E-state index contributed by atoms with van der Waals surface area (Å²) in [6.45, 7) is 0. The maximum Gasteiger partial charge on any atom is 0.416 e. The van der Waals surface area contributed by atoms with Crippen LogP contribution in [-0.2, 0) is 16.2 Å². The number of nitrogens with zero attached hydrogens (tertiary/aromatic N) is 1. The van der Waals surface area contributed by atoms with Gasteiger partial charge in [-0.1, -0.05) is 24.3 Å². The maximum absolute atomic E-state index is 12.7. The van der Waals surface area contributed by atoms with E-state index in [0.717, 1.165) is 22.2 Å². The second-order valence-electron chi connectivity index (χ2n) is 4.70. The molecule has 7 heteroatoms. The van der Waals surface area contributed by atoms with E-state index < -0.39 is 26.7 Å². The Labute approximate surface area is 124 Å². The van der Waals surface area contributed by atoms with Crippen LogP contribution in [0.2, 0.25) is 0 Å². The Hall–Kier alpha value is -2.28. The van der Waals surface area contributed by atoms with Crippen molar-refractivity contribution in [3.8, 4) is 0 Å². The molecule has 2 aromatic carbocycles. The molecule has 0 spiro atoms. The zero-order valence-electron chi connectivity index (χ0n) is 11.1. The fourth-order valence-corrected chi connectivity index (χ4v) is 3.61. The van der Waals surface area contributed by atoms with Crippen molar-refractivity contribution in [3.63, 3.8) is 0 Å². The highest BCUT2D eigenvalue weighted by Gasteiger charge is 2.32. The minimum Gasteiger partial charge on any atom is -0.241 e. The van der Waals surface area contributed by atoms with E-state index in [1.54, 1.807) is 30.3 Å². The van der Waals surface area contributed by atoms with Crippen molar-refractivity contribution in [1.29, 1.82) is 0 Å². The molecule has 1 aromatic heterocycles. The molecule has 3 rings (SSSR count). The Morgan fingerprint density at radius 3 is 2.36 bits per heavy atom. The van der Waals surface area contributed by atoms with Gasteiger partial charge in [0.1, 0.15) is 0 Å². The van der Waals surface area contributed by atoms with Crippen LogP contribution in [0.1, 0.15) is 5.56 Å². The Balaban J connectivity index is 2.19. The number of halogens is 3. The van der Waals surface area contributed by atoms with Crippen molar-refractivity contribution in [2.75, 3.05) is 0 Å². The fourth-order valence-electron chi connectivity index (χ4n) is 2.21. The molecule has 0 saturated carbocycles. The van der Waals surface area contributed by atoms with E-state index in [4.69, 9.17) is 0 Å². The Morgan fingerprint density at radius 1 is 0.909 bits per heavy atom. The molecule has 3 nitrogen and oxygen atoms in total. The van der Waals surface area contributed by atoms with Gasteiger partial charge in [0, 0.05) is 11.6 Å². The lowest BCUT2D eigenvalue weighted by Crippen LogP contribution is -2.13. The van der Waals surface area contributed by atoms with Gasteiger partial charge in [0.15, 0.2) is 0 Å². The lowest BCUT2D eigenvalue weighted by molar-refractivity contribution is -0.137. The van der Waals surface area contributed by atoms with Gasteiger partial charge in [0.25, 0.3) is 10.0 Å². The first-order valence-corrected chi connectivity index (χ1v) is 7.73. The second kappa shape index (κ2) is 4.88. The van der Waals surface area contributed by atoms with Crippen molar-refractivity contribution < 1.29 is 21.6 Å². The van der Waals surface area contributed by atoms with Crippen LogP contribution in [0.25, 0.3) is 10.9 Å². The molecule has 0 amide bonds. The quantitative estimate of drug-likeness (QED) is 0.717. The van der Waals surface area contributed by atoms with E-state index in [2.05, 4.69) is 0 Å². The average Bonchev–Trinajstić information content (AvgIpc) is 2.91. The summed E-state index contributed by atoms with van der Waals surface area (Å²) in [5, 5.41) is 0.693. The average molecular weight is 325 g/mol. The highest BCUT2D eigenvalue weighted by atomic mass is 32.2. The number of para-hydroxylation sites is 1. The van der Waals surface area contributed by atoms with Gasteiger partial charge in [-0.3, -0.25) is 0 Å². The summed E-state index contributed by atoms with van der Waals surface area (Å²) < 4.78 is 64.4. The number of alkyl halides is 3. The Morgan fingerprint density at radius 2 is 1.64 bits per heavy atom. The second-order valence-corrected chi connectivity index (χ2v) is 6.52. The Kier molecular flexibility index (Phi) is 3.25. The van der Waals surface area contributed by atoms with Crippen LogP contribution in [0.4, 0.5) is 13.2 Å². The number of hydrogen-bond donors (Lipinski definition) is 0. The predicted molar refractivity (Wildman–Crippen MR) is 76.0 cm³/mol. The zero-order chi connectivity index (χ0) is 16.0. The van der Waals surface area contributed by atoms with Gasteiger partial charge in [0.2, 0.25) is 0 Å². The maximum atomic E-state index is 12.7. The van der Waals surface area contributed by atoms with Crippen molar-refractivity contribution in [1.82, 2.24) is 3.97 Å². The number of fused-ring (bicyclic) bond motifs is 1. The largest absolute Gasteiger partial charge is 0.416 e. The van der Waals surface area contributed by atoms with Crippen LogP contribution >= 0.6 is 0 Å². The first-order valence-electron chi connectivity index (χ1n) is 6.29. The van der Waals surface area contributed by atoms with E-state index in [-0.39, 0.29) is 0 Å². The zero-order valence-corrected chi connectivity index (χ0v) is 11.9.